The maximum Gasteiger partial charge on any atom is 0.303 e. The molecule has 0 fully saturated rings. The molecule has 0 bridgehead atoms. The Morgan fingerprint density at radius 1 is 1.14 bits per heavy atom. The third-order valence-electron chi connectivity index (χ3n) is 6.50. The summed E-state index contributed by atoms with van der Waals surface area (Å²) in [6.07, 6.45) is 10.6. The highest BCUT2D eigenvalue weighted by Gasteiger charge is 2.40. The van der Waals surface area contributed by atoms with Gasteiger partial charge in [-0.1, -0.05) is 26.3 Å². The molecule has 0 atom stereocenters. The Hall–Kier alpha value is -2.97. The summed E-state index contributed by atoms with van der Waals surface area (Å²) in [6.45, 7) is 9.79. The molecule has 1 aliphatic heterocycles. The first-order valence-electron chi connectivity index (χ1n) is 12.0. The normalized spacial score (nSPS) is 16.3. The Morgan fingerprint density at radius 2 is 1.89 bits per heavy atom. The van der Waals surface area contributed by atoms with Crippen molar-refractivity contribution >= 4 is 27.9 Å². The van der Waals surface area contributed by atoms with Crippen molar-refractivity contribution in [2.45, 2.75) is 70.2 Å². The molecule has 0 amide bonds. The van der Waals surface area contributed by atoms with Crippen LogP contribution < -0.4 is 9.47 Å². The number of fused-ring (bicyclic) bond motifs is 1. The van der Waals surface area contributed by atoms with Crippen LogP contribution in [0.2, 0.25) is 0 Å². The van der Waals surface area contributed by atoms with E-state index in [1.54, 1.807) is 12.1 Å². The number of aromatic nitrogens is 1. The number of allylic oxidation sites excluding steroid dienone is 3. The Kier molecular flexibility index (Phi) is 8.18. The number of unbranched alkanes of at least 4 members (excludes halogenated alkanes) is 2. The van der Waals surface area contributed by atoms with Crippen LogP contribution >= 0.6 is 0 Å². The average Bonchev–Trinajstić information content (AvgIpc) is 2.99. The van der Waals surface area contributed by atoms with Gasteiger partial charge in [-0.2, -0.15) is 13.0 Å². The number of aliphatic carboxylic acids is 1. The maximum absolute atomic E-state index is 11.8. The minimum absolute atomic E-state index is 0.119. The highest BCUT2D eigenvalue weighted by atomic mass is 32.2. The molecule has 0 unspecified atom stereocenters. The van der Waals surface area contributed by atoms with Crippen LogP contribution in [0.25, 0.3) is 6.08 Å². The molecular weight excluding hydrogens is 464 g/mol. The lowest BCUT2D eigenvalue weighted by atomic mass is 9.83. The summed E-state index contributed by atoms with van der Waals surface area (Å²) >= 11 is 0. The number of hydrogen-bond donors (Lipinski definition) is 2. The van der Waals surface area contributed by atoms with Gasteiger partial charge in [0.15, 0.2) is 6.20 Å². The topological polar surface area (TPSA) is 98.8 Å². The van der Waals surface area contributed by atoms with Crippen LogP contribution in [0.3, 0.4) is 0 Å². The number of carbonyl (C=O) groups is 1. The second kappa shape index (κ2) is 10.7. The van der Waals surface area contributed by atoms with Crippen LogP contribution in [-0.2, 0) is 26.9 Å². The second-order valence-corrected chi connectivity index (χ2v) is 10.9. The molecule has 3 rings (SSSR count). The smallest absolute Gasteiger partial charge is 0.303 e. The molecule has 1 aliphatic rings. The number of benzene rings is 1. The Labute approximate surface area is 208 Å². The molecule has 1 aromatic carbocycles. The predicted molar refractivity (Wildman–Crippen MR) is 137 cm³/mol. The highest BCUT2D eigenvalue weighted by molar-refractivity contribution is 7.85. The zero-order chi connectivity index (χ0) is 25.8. The summed E-state index contributed by atoms with van der Waals surface area (Å²) in [5, 5.41) is 8.90. The van der Waals surface area contributed by atoms with Crippen LogP contribution in [0.4, 0.5) is 5.69 Å². The van der Waals surface area contributed by atoms with E-state index in [2.05, 4.69) is 53.8 Å². The minimum atomic E-state index is -4.32. The Balaban J connectivity index is 1.96. The number of anilines is 1. The third kappa shape index (κ3) is 6.18. The number of carboxylic acids is 1. The molecule has 2 aromatic rings. The summed E-state index contributed by atoms with van der Waals surface area (Å²) in [5.74, 6) is -0.790. The van der Waals surface area contributed by atoms with Crippen molar-refractivity contribution in [2.24, 2.45) is 0 Å². The number of aryl methyl sites for hydroxylation is 2. The van der Waals surface area contributed by atoms with Crippen LogP contribution in [0.5, 0.6) is 0 Å². The predicted octanol–water partition coefficient (Wildman–Crippen LogP) is 4.89. The number of hydrogen-bond acceptors (Lipinski definition) is 4. The van der Waals surface area contributed by atoms with Crippen LogP contribution in [0.15, 0.2) is 59.3 Å². The van der Waals surface area contributed by atoms with E-state index in [9.17, 15) is 17.8 Å². The number of carboxylic acid groups (broad SMARTS) is 1. The summed E-state index contributed by atoms with van der Waals surface area (Å²) in [6, 6.07) is 8.89. The van der Waals surface area contributed by atoms with E-state index < -0.39 is 21.5 Å². The zero-order valence-corrected chi connectivity index (χ0v) is 21.7. The van der Waals surface area contributed by atoms with E-state index in [4.69, 9.17) is 5.11 Å². The van der Waals surface area contributed by atoms with Gasteiger partial charge in [-0.3, -0.25) is 9.35 Å². The number of pyridine rings is 1. The second-order valence-electron chi connectivity index (χ2n) is 9.46. The molecule has 0 aliphatic carbocycles. The first-order valence-corrected chi connectivity index (χ1v) is 13.4. The van der Waals surface area contributed by atoms with Gasteiger partial charge in [-0.15, -0.1) is 0 Å². The molecule has 8 heteroatoms. The lowest BCUT2D eigenvalue weighted by molar-refractivity contribution is -0.695. The molecule has 7 nitrogen and oxygen atoms in total. The molecule has 0 saturated carbocycles. The lowest BCUT2D eigenvalue weighted by Crippen LogP contribution is -2.35. The van der Waals surface area contributed by atoms with Gasteiger partial charge in [0.05, 0.1) is 4.90 Å². The number of rotatable bonds is 10. The van der Waals surface area contributed by atoms with Crippen molar-refractivity contribution in [1.82, 2.24) is 0 Å². The minimum Gasteiger partial charge on any atom is -0.481 e. The first kappa shape index (κ1) is 26.6. The molecule has 2 heterocycles. The molecule has 188 valence electrons. The molecule has 35 heavy (non-hydrogen) atoms. The fourth-order valence-electron chi connectivity index (χ4n) is 4.62. The van der Waals surface area contributed by atoms with Gasteiger partial charge in [-0.25, -0.2) is 0 Å². The first-order chi connectivity index (χ1) is 16.4. The van der Waals surface area contributed by atoms with Gasteiger partial charge in [0, 0.05) is 47.5 Å². The fraction of sp³-hybridized carbons (Fsp3) is 0.407. The third-order valence-corrected chi connectivity index (χ3v) is 7.35. The van der Waals surface area contributed by atoms with Crippen molar-refractivity contribution in [3.05, 3.63) is 71.2 Å². The van der Waals surface area contributed by atoms with E-state index in [0.717, 1.165) is 42.0 Å². The van der Waals surface area contributed by atoms with Gasteiger partial charge in [0.25, 0.3) is 10.1 Å². The van der Waals surface area contributed by atoms with Gasteiger partial charge >= 0.3 is 5.97 Å². The lowest BCUT2D eigenvalue weighted by Gasteiger charge is -2.27. The van der Waals surface area contributed by atoms with Gasteiger partial charge in [-0.05, 0) is 62.6 Å². The molecule has 0 spiro atoms. The molecular formula is C27H35N2O5S+. The van der Waals surface area contributed by atoms with Crippen molar-refractivity contribution in [3.8, 4) is 0 Å². The quantitative estimate of drug-likeness (QED) is 0.274. The van der Waals surface area contributed by atoms with E-state index in [1.807, 2.05) is 19.9 Å². The summed E-state index contributed by atoms with van der Waals surface area (Å²) < 4.78 is 35.3. The van der Waals surface area contributed by atoms with Crippen LogP contribution in [0, 0.1) is 6.92 Å². The van der Waals surface area contributed by atoms with E-state index in [1.165, 1.54) is 11.6 Å². The molecule has 0 saturated heterocycles. The van der Waals surface area contributed by atoms with E-state index >= 15 is 0 Å². The summed E-state index contributed by atoms with van der Waals surface area (Å²) in [4.78, 5) is 12.9. The molecule has 2 N–H and O–H groups in total. The zero-order valence-electron chi connectivity index (χ0n) is 20.9. The Bertz CT molecular complexity index is 1260. The summed E-state index contributed by atoms with van der Waals surface area (Å²) in [7, 11) is -4.32. The maximum atomic E-state index is 11.8. The van der Waals surface area contributed by atoms with Crippen molar-refractivity contribution in [1.29, 1.82) is 0 Å². The van der Waals surface area contributed by atoms with Crippen molar-refractivity contribution < 1.29 is 27.4 Å². The number of nitrogens with zero attached hydrogens (tertiary/aromatic N) is 2. The van der Waals surface area contributed by atoms with Crippen LogP contribution in [0.1, 0.15) is 63.3 Å². The van der Waals surface area contributed by atoms with Crippen LogP contribution in [-0.4, -0.2) is 30.6 Å². The monoisotopic (exact) mass is 499 g/mol. The summed E-state index contributed by atoms with van der Waals surface area (Å²) in [5.41, 5.74) is 4.53. The van der Waals surface area contributed by atoms with E-state index in [0.29, 0.717) is 13.0 Å². The molecule has 1 aromatic heterocycles. The average molecular weight is 500 g/mol. The van der Waals surface area contributed by atoms with Gasteiger partial charge < -0.3 is 10.0 Å². The standard InChI is InChI=1S/C27H34N2O5S/c1-5-28-19-20(2)13-14-21(28)10-9-11-25-27(3,4)23-18-22(35(32,33)34)15-16-24(23)29(25)17-8-6-7-12-26(30)31/h9-11,13-16,18-19H,5-8,12,17H2,1-4H3,(H-,30,31,32,33,34)/p+1. The molecule has 0 radical (unpaired) electrons. The SMILES string of the molecule is CC[n+]1cc(C)ccc1C=CC=C1N(CCCCCC(=O)O)c2ccc(S(=O)(=O)O)cc2C1(C)C. The van der Waals surface area contributed by atoms with Gasteiger partial charge in [0.2, 0.25) is 5.69 Å². The van der Waals surface area contributed by atoms with Crippen molar-refractivity contribution in [3.63, 3.8) is 0 Å². The largest absolute Gasteiger partial charge is 0.481 e. The Morgan fingerprint density at radius 3 is 2.54 bits per heavy atom. The highest BCUT2D eigenvalue weighted by Crippen LogP contribution is 2.48. The fourth-order valence-corrected chi connectivity index (χ4v) is 5.12. The van der Waals surface area contributed by atoms with Gasteiger partial charge in [0.1, 0.15) is 6.54 Å². The van der Waals surface area contributed by atoms with E-state index in [-0.39, 0.29) is 11.3 Å². The van der Waals surface area contributed by atoms with Crippen molar-refractivity contribution in [2.75, 3.05) is 11.4 Å².